The molecule has 6 unspecified atom stereocenters. The number of rotatable bonds is 3. The molecule has 5 nitrogen and oxygen atoms in total. The van der Waals surface area contributed by atoms with Gasteiger partial charge in [0.2, 0.25) is 0 Å². The molecule has 1 spiro atoms. The van der Waals surface area contributed by atoms with E-state index in [-0.39, 0.29) is 136 Å². The maximum Gasteiger partial charge on any atom is 0.259 e. The van der Waals surface area contributed by atoms with Crippen molar-refractivity contribution >= 4 is 134 Å². The standard InChI is InChI=1S/C18H19NOS2.C16H15NO2.H12P10.4V/c20-17-13-6-2-1-5-12(13)16-11-18(21-9-10-22-18)14-7-3-4-8-15(14)19(16)17;18-15-9-14-10-5-1-2-6-11(10)16(19)17(14)13-8-4-3-7-12(13)15;1-7(2)10(8(3)4)9(5)6;;;;/h1-2,5-6,11,14-15H,3-4,7-10H2;1-2,5-6,9,12-13H,3-4,7-8H2;1-6H2;;;;/t14-,15-;12-,13-;;;;;/m11...../s1. The Balaban J connectivity index is 0.000000228. The van der Waals surface area contributed by atoms with E-state index in [1.807, 2.05) is 41.3 Å². The van der Waals surface area contributed by atoms with Gasteiger partial charge in [0.25, 0.3) is 11.8 Å². The summed E-state index contributed by atoms with van der Waals surface area (Å²) in [5.74, 6) is 3.66. The molecule has 1 saturated heterocycles. The van der Waals surface area contributed by atoms with Crippen molar-refractivity contribution in [2.24, 2.45) is 11.8 Å². The van der Waals surface area contributed by atoms with Crippen LogP contribution < -0.4 is 0 Å². The Morgan fingerprint density at radius 3 is 1.53 bits per heavy atom. The fourth-order valence-corrected chi connectivity index (χ4v) is 98.8. The van der Waals surface area contributed by atoms with E-state index < -0.39 is 0 Å². The quantitative estimate of drug-likeness (QED) is 0.287. The largest absolute Gasteiger partial charge is 0.305 e. The van der Waals surface area contributed by atoms with Gasteiger partial charge in [0.15, 0.2) is 5.78 Å². The molecule has 0 bridgehead atoms. The molecule has 3 fully saturated rings. The number of nitrogens with zero attached hydrogens (tertiary/aromatic N) is 2. The smallest absolute Gasteiger partial charge is 0.259 e. The molecule has 5 aliphatic heterocycles. The van der Waals surface area contributed by atoms with Crippen LogP contribution in [0.5, 0.6) is 0 Å². The molecule has 2 aromatic carbocycles. The van der Waals surface area contributed by atoms with Crippen LogP contribution in [0.1, 0.15) is 83.2 Å². The minimum Gasteiger partial charge on any atom is -0.305 e. The number of thioether (sulfide) groups is 2. The van der Waals surface area contributed by atoms with Crippen LogP contribution in [0.25, 0.3) is 11.4 Å². The zero-order chi connectivity index (χ0) is 36.0. The normalized spacial score (nSPS) is 24.9. The van der Waals surface area contributed by atoms with Crippen LogP contribution >= 0.6 is 105 Å². The van der Waals surface area contributed by atoms with Crippen LogP contribution in [0.3, 0.4) is 0 Å². The minimum absolute atomic E-state index is 0. The first-order chi connectivity index (χ1) is 24.5. The van der Waals surface area contributed by atoms with Crippen LogP contribution in [0.15, 0.2) is 60.7 Å². The Morgan fingerprint density at radius 1 is 0.582 bits per heavy atom. The van der Waals surface area contributed by atoms with Gasteiger partial charge in [-0.3, -0.25) is 14.4 Å². The van der Waals surface area contributed by atoms with Crippen LogP contribution in [0, 0.1) is 11.8 Å². The van der Waals surface area contributed by atoms with Crippen molar-refractivity contribution in [2.75, 3.05) is 11.5 Å². The van der Waals surface area contributed by atoms with E-state index in [9.17, 15) is 14.4 Å². The third kappa shape index (κ3) is 11.0. The summed E-state index contributed by atoms with van der Waals surface area (Å²) in [5, 5.41) is 0. The van der Waals surface area contributed by atoms with Crippen LogP contribution in [0.2, 0.25) is 0 Å². The monoisotopic (exact) mass is 1110 g/mol. The van der Waals surface area contributed by atoms with Crippen molar-refractivity contribution in [3.05, 3.63) is 82.9 Å². The van der Waals surface area contributed by atoms with Gasteiger partial charge in [-0.1, -0.05) is 62.1 Å². The fraction of sp³-hybridized carbons (Fsp3) is 0.441. The van der Waals surface area contributed by atoms with E-state index >= 15 is 0 Å². The van der Waals surface area contributed by atoms with Crippen molar-refractivity contribution in [1.29, 1.82) is 0 Å². The van der Waals surface area contributed by atoms with Gasteiger partial charge in [0.1, 0.15) is 0 Å². The summed E-state index contributed by atoms with van der Waals surface area (Å²) in [5.41, 5.74) is 5.75. The molecule has 9 rings (SSSR count). The van der Waals surface area contributed by atoms with Crippen LogP contribution in [-0.4, -0.2) is 55.1 Å². The molecular weight excluding hydrogens is 1060 g/mol. The maximum atomic E-state index is 13.0. The van der Waals surface area contributed by atoms with Gasteiger partial charge < -0.3 is 9.80 Å². The first-order valence-corrected chi connectivity index (χ1v) is 36.5. The second-order valence-electron chi connectivity index (χ2n) is 13.6. The van der Waals surface area contributed by atoms with E-state index in [0.29, 0.717) is 12.0 Å². The van der Waals surface area contributed by atoms with Gasteiger partial charge in [0.05, 0.1) is 15.5 Å². The van der Waals surface area contributed by atoms with Crippen molar-refractivity contribution in [2.45, 2.75) is 67.5 Å². The molecule has 2 aliphatic carbocycles. The molecule has 2 aromatic rings. The number of carbonyl (C=O) groups excluding carboxylic acids is 3. The molecule has 2 saturated carbocycles. The molecule has 0 aromatic heterocycles. The number of hydrogen-bond donors (Lipinski definition) is 0. The Morgan fingerprint density at radius 2 is 1.02 bits per heavy atom. The summed E-state index contributed by atoms with van der Waals surface area (Å²) in [6, 6.07) is 16.3. The van der Waals surface area contributed by atoms with Gasteiger partial charge in [-0.2, -0.15) is 0 Å². The molecule has 21 heteroatoms. The summed E-state index contributed by atoms with van der Waals surface area (Å²) >= 11 is 4.25. The average molecular weight is 1110 g/mol. The van der Waals surface area contributed by atoms with Crippen LogP contribution in [-0.2, 0) is 79.0 Å². The summed E-state index contributed by atoms with van der Waals surface area (Å²) in [7, 11) is 17.7. The Bertz CT molecular complexity index is 1760. The molecule has 4 radical (unpaired) electrons. The summed E-state index contributed by atoms with van der Waals surface area (Å²) in [6.07, 6.45) is 13.3. The predicted molar refractivity (Wildman–Crippen MR) is 251 cm³/mol. The molecule has 292 valence electrons. The number of carbonyl (C=O) groups is 3. The number of amides is 2. The van der Waals surface area contributed by atoms with Crippen molar-refractivity contribution < 1.29 is 88.6 Å². The molecule has 2 amide bonds. The third-order valence-electron chi connectivity index (χ3n) is 10.8. The number of benzene rings is 2. The zero-order valence-corrected chi connectivity index (χ0v) is 47.9. The van der Waals surface area contributed by atoms with Gasteiger partial charge in [0, 0.05) is 138 Å². The van der Waals surface area contributed by atoms with Gasteiger partial charge in [-0.25, -0.2) is 0 Å². The molecule has 0 N–H and O–H groups in total. The average Bonchev–Trinajstić information content (AvgIpc) is 3.79. The second-order valence-corrected chi connectivity index (χ2v) is 53.3. The molecule has 55 heavy (non-hydrogen) atoms. The number of allylic oxidation sites excluding steroid dienone is 1. The number of ketones is 1. The Hall–Kier alpha value is 3.87. The maximum absolute atomic E-state index is 13.0. The van der Waals surface area contributed by atoms with E-state index in [1.54, 1.807) is 6.08 Å². The summed E-state index contributed by atoms with van der Waals surface area (Å²) < 4.78 is 0.217. The molecular formula is C34H46N2O3P10S2V4. The summed E-state index contributed by atoms with van der Waals surface area (Å²) in [6.45, 7) is 0.623. The molecule has 5 heterocycles. The van der Waals surface area contributed by atoms with Gasteiger partial charge in [-0.15, -0.1) is 77.1 Å². The van der Waals surface area contributed by atoms with E-state index in [4.69, 9.17) is 0 Å². The molecule has 7 aliphatic rings. The minimum atomic E-state index is 0. The first-order valence-electron chi connectivity index (χ1n) is 17.3. The van der Waals surface area contributed by atoms with Gasteiger partial charge >= 0.3 is 0 Å². The van der Waals surface area contributed by atoms with E-state index in [2.05, 4.69) is 100 Å². The Kier molecular flexibility index (Phi) is 22.9. The number of hydrogen-bond acceptors (Lipinski definition) is 5. The van der Waals surface area contributed by atoms with Crippen LogP contribution in [0.4, 0.5) is 0 Å². The predicted octanol–water partition coefficient (Wildman–Crippen LogP) is 12.2. The molecule has 10 atom stereocenters. The summed E-state index contributed by atoms with van der Waals surface area (Å²) in [4.78, 5) is 41.8. The second kappa shape index (κ2) is 23.7. The van der Waals surface area contributed by atoms with Gasteiger partial charge in [-0.05, 0) is 71.8 Å². The number of fused-ring (bicyclic) bond motifs is 11. The van der Waals surface area contributed by atoms with Crippen molar-refractivity contribution in [3.8, 4) is 0 Å². The van der Waals surface area contributed by atoms with Crippen molar-refractivity contribution in [1.82, 2.24) is 9.80 Å². The van der Waals surface area contributed by atoms with Crippen molar-refractivity contribution in [3.63, 3.8) is 0 Å². The topological polar surface area (TPSA) is 57.7 Å². The fourth-order valence-electron chi connectivity index (χ4n) is 8.76. The van der Waals surface area contributed by atoms with E-state index in [0.717, 1.165) is 53.6 Å². The SMILES string of the molecule is O=C1C=C2c3ccccc3C(=O)N2[C@@H]2CCCC[C@@H]12.O=C1c2ccccc2C2=CC3(SCCS3)[C@@H]3CCCC[C@H]3N12.PP(P)P(P(P)P)P(P)P.[V].[V].[V].[V]. The zero-order valence-electron chi connectivity index (χ0n) is 30.1. The van der Waals surface area contributed by atoms with E-state index in [1.165, 1.54) is 42.9 Å². The Labute approximate surface area is 401 Å². The first kappa shape index (κ1) is 53.2. The third-order valence-corrected chi connectivity index (χ3v) is 63.9.